The largest absolute Gasteiger partial charge is 0.496 e. The first-order valence-corrected chi connectivity index (χ1v) is 11.6. The number of nitrogens with zero attached hydrogens (tertiary/aromatic N) is 1. The quantitative estimate of drug-likeness (QED) is 0.494. The van der Waals surface area contributed by atoms with E-state index in [-0.39, 0.29) is 24.3 Å². The Hall–Kier alpha value is -3.61. The number of ether oxygens (including phenoxy) is 1. The van der Waals surface area contributed by atoms with Crippen LogP contribution in [-0.4, -0.2) is 29.9 Å². The van der Waals surface area contributed by atoms with Crippen LogP contribution in [0.25, 0.3) is 0 Å². The van der Waals surface area contributed by atoms with Crippen LogP contribution < -0.4 is 10.1 Å². The minimum atomic E-state index is -0.981. The van der Waals surface area contributed by atoms with Gasteiger partial charge in [0.05, 0.1) is 19.9 Å². The van der Waals surface area contributed by atoms with Crippen molar-refractivity contribution in [3.05, 3.63) is 89.6 Å². The molecule has 4 rings (SSSR count). The van der Waals surface area contributed by atoms with Gasteiger partial charge in [0.1, 0.15) is 17.6 Å². The zero-order chi connectivity index (χ0) is 23.9. The third-order valence-corrected chi connectivity index (χ3v) is 6.22. The number of hydrogen-bond acceptors (Lipinski definition) is 4. The van der Waals surface area contributed by atoms with Gasteiger partial charge in [-0.2, -0.15) is 0 Å². The molecule has 0 spiro atoms. The van der Waals surface area contributed by atoms with Crippen LogP contribution in [0, 0.1) is 5.82 Å². The molecule has 0 bridgehead atoms. The number of methoxy groups -OCH3 is 1. The van der Waals surface area contributed by atoms with Crippen LogP contribution in [0.3, 0.4) is 0 Å². The number of amides is 2. The minimum absolute atomic E-state index is 0.0519. The highest BCUT2D eigenvalue weighted by molar-refractivity contribution is 5.96. The van der Waals surface area contributed by atoms with Crippen LogP contribution in [0.2, 0.25) is 0 Å². The molecule has 6 nitrogen and oxygen atoms in total. The zero-order valence-corrected chi connectivity index (χ0v) is 19.2. The first-order valence-electron chi connectivity index (χ1n) is 11.6. The molecule has 34 heavy (non-hydrogen) atoms. The number of halogens is 1. The Labute approximate surface area is 198 Å². The van der Waals surface area contributed by atoms with Gasteiger partial charge in [0.15, 0.2) is 5.76 Å². The van der Waals surface area contributed by atoms with Gasteiger partial charge >= 0.3 is 0 Å². The van der Waals surface area contributed by atoms with Crippen molar-refractivity contribution in [2.45, 2.75) is 50.7 Å². The first kappa shape index (κ1) is 23.5. The molecule has 1 aliphatic carbocycles. The normalized spacial score (nSPS) is 14.9. The highest BCUT2D eigenvalue weighted by atomic mass is 19.1. The summed E-state index contributed by atoms with van der Waals surface area (Å²) in [6.07, 6.45) is 6.50. The third-order valence-electron chi connectivity index (χ3n) is 6.22. The van der Waals surface area contributed by atoms with Crippen molar-refractivity contribution in [2.24, 2.45) is 0 Å². The molecule has 1 heterocycles. The van der Waals surface area contributed by atoms with E-state index >= 15 is 0 Å². The smallest absolute Gasteiger partial charge is 0.290 e. The summed E-state index contributed by atoms with van der Waals surface area (Å²) in [5, 5.41) is 3.14. The maximum absolute atomic E-state index is 13.7. The molecule has 1 atom stereocenters. The van der Waals surface area contributed by atoms with E-state index in [1.165, 1.54) is 23.3 Å². The lowest BCUT2D eigenvalue weighted by Gasteiger charge is -2.33. The van der Waals surface area contributed by atoms with Crippen LogP contribution in [0.5, 0.6) is 5.75 Å². The van der Waals surface area contributed by atoms with E-state index in [4.69, 9.17) is 9.15 Å². The summed E-state index contributed by atoms with van der Waals surface area (Å²) >= 11 is 0. The van der Waals surface area contributed by atoms with E-state index in [1.807, 2.05) is 18.2 Å². The number of benzene rings is 2. The lowest BCUT2D eigenvalue weighted by Crippen LogP contribution is -2.46. The molecule has 2 amide bonds. The molecule has 1 N–H and O–H groups in total. The monoisotopic (exact) mass is 464 g/mol. The molecule has 3 aromatic rings. The molecule has 0 saturated heterocycles. The van der Waals surface area contributed by atoms with Gasteiger partial charge in [-0.3, -0.25) is 9.59 Å². The topological polar surface area (TPSA) is 71.8 Å². The maximum atomic E-state index is 13.7. The summed E-state index contributed by atoms with van der Waals surface area (Å²) in [4.78, 5) is 28.8. The fraction of sp³-hybridized carbons (Fsp3) is 0.333. The fourth-order valence-corrected chi connectivity index (χ4v) is 4.48. The van der Waals surface area contributed by atoms with Crippen LogP contribution in [-0.2, 0) is 11.3 Å². The van der Waals surface area contributed by atoms with Gasteiger partial charge in [-0.25, -0.2) is 4.39 Å². The van der Waals surface area contributed by atoms with E-state index in [0.717, 1.165) is 37.7 Å². The van der Waals surface area contributed by atoms with Crippen molar-refractivity contribution in [2.75, 3.05) is 7.11 Å². The average molecular weight is 465 g/mol. The highest BCUT2D eigenvalue weighted by Crippen LogP contribution is 2.30. The summed E-state index contributed by atoms with van der Waals surface area (Å²) in [6.45, 7) is 0.101. The number of para-hydroxylation sites is 1. The van der Waals surface area contributed by atoms with Gasteiger partial charge in [-0.15, -0.1) is 0 Å². The van der Waals surface area contributed by atoms with Gasteiger partial charge in [-0.1, -0.05) is 49.6 Å². The molecule has 178 valence electrons. The number of hydrogen-bond donors (Lipinski definition) is 1. The second kappa shape index (κ2) is 11.0. The maximum Gasteiger partial charge on any atom is 0.290 e. The molecule has 1 aliphatic rings. The summed E-state index contributed by atoms with van der Waals surface area (Å²) in [7, 11) is 1.56. The number of nitrogens with one attached hydrogen (secondary N) is 1. The van der Waals surface area contributed by atoms with E-state index in [2.05, 4.69) is 5.32 Å². The van der Waals surface area contributed by atoms with Crippen molar-refractivity contribution >= 4 is 11.8 Å². The fourth-order valence-electron chi connectivity index (χ4n) is 4.48. The SMILES string of the molecule is COc1ccccc1CN(C(=O)c1ccco1)[C@H](C(=O)NC1CCCCC1)c1ccc(F)cc1. The van der Waals surface area contributed by atoms with Crippen LogP contribution in [0.4, 0.5) is 4.39 Å². The number of carbonyl (C=O) groups excluding carboxylic acids is 2. The summed E-state index contributed by atoms with van der Waals surface area (Å²) in [6, 6.07) is 15.3. The van der Waals surface area contributed by atoms with E-state index in [1.54, 1.807) is 37.4 Å². The number of rotatable bonds is 8. The molecule has 1 saturated carbocycles. The van der Waals surface area contributed by atoms with Gasteiger partial charge in [-0.05, 0) is 48.7 Å². The second-order valence-corrected chi connectivity index (χ2v) is 8.52. The standard InChI is InChI=1S/C27H29FN2O4/c1-33-23-11-6-5-8-20(23)18-30(27(32)24-12-7-17-34-24)25(19-13-15-21(28)16-14-19)26(31)29-22-9-3-2-4-10-22/h5-8,11-17,22,25H,2-4,9-10,18H2,1H3,(H,29,31)/t25-/m0/s1. The van der Waals surface area contributed by atoms with Crippen LogP contribution in [0.1, 0.15) is 59.8 Å². The van der Waals surface area contributed by atoms with Crippen molar-refractivity contribution < 1.29 is 23.1 Å². The number of furan rings is 1. The average Bonchev–Trinajstić information content (AvgIpc) is 3.40. The Balaban J connectivity index is 1.74. The minimum Gasteiger partial charge on any atom is -0.496 e. The van der Waals surface area contributed by atoms with E-state index < -0.39 is 17.8 Å². The van der Waals surface area contributed by atoms with E-state index in [9.17, 15) is 14.0 Å². The Morgan fingerprint density at radius 2 is 1.79 bits per heavy atom. The molecule has 0 unspecified atom stereocenters. The Kier molecular flexibility index (Phi) is 7.62. The lowest BCUT2D eigenvalue weighted by molar-refractivity contribution is -0.127. The predicted molar refractivity (Wildman–Crippen MR) is 126 cm³/mol. The Morgan fingerprint density at radius 1 is 1.06 bits per heavy atom. The molecule has 0 aliphatic heterocycles. The Bertz CT molecular complexity index is 1090. The van der Waals surface area contributed by atoms with Gasteiger partial charge in [0.2, 0.25) is 5.91 Å². The van der Waals surface area contributed by atoms with E-state index in [0.29, 0.717) is 11.3 Å². The third kappa shape index (κ3) is 5.47. The molecular weight excluding hydrogens is 435 g/mol. The molecule has 7 heteroatoms. The molecule has 0 radical (unpaired) electrons. The number of carbonyl (C=O) groups is 2. The predicted octanol–water partition coefficient (Wildman–Crippen LogP) is 5.26. The zero-order valence-electron chi connectivity index (χ0n) is 19.2. The van der Waals surface area contributed by atoms with Crippen molar-refractivity contribution in [1.29, 1.82) is 0 Å². The summed E-state index contributed by atoms with van der Waals surface area (Å²) in [5.74, 6) is -0.432. The molecule has 1 aromatic heterocycles. The van der Waals surface area contributed by atoms with Crippen LogP contribution in [0.15, 0.2) is 71.3 Å². The van der Waals surface area contributed by atoms with Gasteiger partial charge in [0, 0.05) is 11.6 Å². The molecule has 2 aromatic carbocycles. The van der Waals surface area contributed by atoms with Crippen molar-refractivity contribution in [1.82, 2.24) is 10.2 Å². The molecule has 1 fully saturated rings. The Morgan fingerprint density at radius 3 is 2.47 bits per heavy atom. The highest BCUT2D eigenvalue weighted by Gasteiger charge is 2.35. The van der Waals surface area contributed by atoms with Crippen molar-refractivity contribution in [3.63, 3.8) is 0 Å². The van der Waals surface area contributed by atoms with Gasteiger partial charge < -0.3 is 19.4 Å². The van der Waals surface area contributed by atoms with Crippen LogP contribution >= 0.6 is 0 Å². The summed E-state index contributed by atoms with van der Waals surface area (Å²) < 4.78 is 24.6. The molecular formula is C27H29FN2O4. The second-order valence-electron chi connectivity index (χ2n) is 8.52. The summed E-state index contributed by atoms with van der Waals surface area (Å²) in [5.41, 5.74) is 1.26. The van der Waals surface area contributed by atoms with Crippen molar-refractivity contribution in [3.8, 4) is 5.75 Å². The lowest BCUT2D eigenvalue weighted by atomic mass is 9.94. The van der Waals surface area contributed by atoms with Gasteiger partial charge in [0.25, 0.3) is 5.91 Å². The first-order chi connectivity index (χ1) is 16.6.